The average molecular weight is 374 g/mol. The molecule has 0 bridgehead atoms. The molecule has 128 valence electrons. The van der Waals surface area contributed by atoms with E-state index in [2.05, 4.69) is 4.98 Å². The molecule has 1 unspecified atom stereocenters. The predicted molar refractivity (Wildman–Crippen MR) is 89.4 cm³/mol. The molecule has 1 atom stereocenters. The number of methoxy groups -OCH3 is 1. The van der Waals surface area contributed by atoms with Gasteiger partial charge in [0, 0.05) is 25.2 Å². The van der Waals surface area contributed by atoms with Crippen LogP contribution in [0.5, 0.6) is 0 Å². The van der Waals surface area contributed by atoms with E-state index in [0.717, 1.165) is 12.1 Å². The number of nitrogens with zero attached hydrogens (tertiary/aromatic N) is 1. The lowest BCUT2D eigenvalue weighted by Gasteiger charge is -2.14. The van der Waals surface area contributed by atoms with Crippen molar-refractivity contribution in [3.63, 3.8) is 0 Å². The van der Waals surface area contributed by atoms with Crippen LogP contribution in [0.1, 0.15) is 18.9 Å². The Kier molecular flexibility index (Phi) is 6.27. The number of carbonyl (C=O) groups is 1. The molecule has 1 heterocycles. The van der Waals surface area contributed by atoms with Crippen molar-refractivity contribution in [2.75, 3.05) is 7.11 Å². The van der Waals surface area contributed by atoms with Crippen LogP contribution < -0.4 is 0 Å². The Labute approximate surface area is 148 Å². The molecule has 1 aromatic carbocycles. The topological polar surface area (TPSA) is 39.2 Å². The molecule has 0 N–H and O–H groups in total. The Hall–Kier alpha value is -1.56. The van der Waals surface area contributed by atoms with Gasteiger partial charge < -0.3 is 4.74 Å². The molecule has 0 fully saturated rings. The molecule has 0 radical (unpaired) electrons. The summed E-state index contributed by atoms with van der Waals surface area (Å²) in [7, 11) is 1.44. The van der Waals surface area contributed by atoms with E-state index in [9.17, 15) is 13.6 Å². The van der Waals surface area contributed by atoms with E-state index in [1.807, 2.05) is 0 Å². The van der Waals surface area contributed by atoms with Crippen LogP contribution in [-0.4, -0.2) is 24.0 Å². The van der Waals surface area contributed by atoms with Gasteiger partial charge in [0.2, 0.25) is 0 Å². The van der Waals surface area contributed by atoms with Gasteiger partial charge in [-0.3, -0.25) is 4.79 Å². The number of carbonyl (C=O) groups excluding carboxylic acids is 1. The van der Waals surface area contributed by atoms with Gasteiger partial charge in [-0.25, -0.2) is 13.8 Å². The fourth-order valence-corrected chi connectivity index (χ4v) is 2.80. The fraction of sp³-hybridized carbons (Fsp3) is 0.294. The summed E-state index contributed by atoms with van der Waals surface area (Å²) < 4.78 is 32.2. The molecule has 0 aliphatic heterocycles. The van der Waals surface area contributed by atoms with Gasteiger partial charge >= 0.3 is 0 Å². The first-order valence-corrected chi connectivity index (χ1v) is 7.95. The van der Waals surface area contributed by atoms with Crippen LogP contribution in [0.3, 0.4) is 0 Å². The molecule has 2 rings (SSSR count). The number of Topliss-reactive ketones (excluding diaryl/α,β-unsaturated/α-hetero) is 1. The van der Waals surface area contributed by atoms with E-state index in [0.29, 0.717) is 11.1 Å². The highest BCUT2D eigenvalue weighted by atomic mass is 35.5. The maximum Gasteiger partial charge on any atom is 0.161 e. The number of hydrogen-bond acceptors (Lipinski definition) is 3. The van der Waals surface area contributed by atoms with Crippen molar-refractivity contribution >= 4 is 29.0 Å². The minimum atomic E-state index is -0.744. The first-order valence-electron chi connectivity index (χ1n) is 7.19. The number of rotatable bonds is 6. The molecule has 0 saturated carbocycles. The average Bonchev–Trinajstić information content (AvgIpc) is 2.52. The fourth-order valence-electron chi connectivity index (χ4n) is 2.28. The molecule has 0 saturated heterocycles. The summed E-state index contributed by atoms with van der Waals surface area (Å²) in [5, 5.41) is 0.165. The van der Waals surface area contributed by atoms with Crippen LogP contribution in [0.4, 0.5) is 8.78 Å². The van der Waals surface area contributed by atoms with Gasteiger partial charge in [0.1, 0.15) is 28.0 Å². The van der Waals surface area contributed by atoms with Crippen LogP contribution in [0, 0.1) is 11.6 Å². The molecule has 1 aromatic heterocycles. The van der Waals surface area contributed by atoms with Crippen LogP contribution in [0.15, 0.2) is 24.3 Å². The van der Waals surface area contributed by atoms with Gasteiger partial charge in [0.15, 0.2) is 5.78 Å². The van der Waals surface area contributed by atoms with Crippen molar-refractivity contribution in [2.45, 2.75) is 25.9 Å². The van der Waals surface area contributed by atoms with Crippen LogP contribution in [0.25, 0.3) is 11.1 Å². The molecule has 0 aliphatic rings. The molecule has 3 nitrogen and oxygen atoms in total. The smallest absolute Gasteiger partial charge is 0.161 e. The zero-order valence-electron chi connectivity index (χ0n) is 13.1. The quantitative estimate of drug-likeness (QED) is 0.678. The summed E-state index contributed by atoms with van der Waals surface area (Å²) >= 11 is 12.0. The molecular weight excluding hydrogens is 359 g/mol. The standard InChI is InChI=1S/C17H15Cl2F2NO2/c1-9(24-2)15(23)6-5-12-13(8-16(18)22-17(12)19)11-4-3-10(20)7-14(11)21/h3-4,7-9H,5-6H2,1-2H3. The highest BCUT2D eigenvalue weighted by Gasteiger charge is 2.18. The van der Waals surface area contributed by atoms with Gasteiger partial charge in [-0.15, -0.1) is 0 Å². The number of ketones is 1. The number of ether oxygens (including phenoxy) is 1. The lowest BCUT2D eigenvalue weighted by Crippen LogP contribution is -2.19. The van der Waals surface area contributed by atoms with Gasteiger partial charge in [-0.1, -0.05) is 23.2 Å². The third-order valence-corrected chi connectivity index (χ3v) is 4.20. The zero-order valence-corrected chi connectivity index (χ0v) is 14.6. The van der Waals surface area contributed by atoms with Gasteiger partial charge in [0.05, 0.1) is 0 Å². The molecule has 7 heteroatoms. The van der Waals surface area contributed by atoms with E-state index in [1.165, 1.54) is 19.2 Å². The van der Waals surface area contributed by atoms with Crippen molar-refractivity contribution < 1.29 is 18.3 Å². The maximum absolute atomic E-state index is 14.1. The Morgan fingerprint density at radius 3 is 2.58 bits per heavy atom. The largest absolute Gasteiger partial charge is 0.374 e. The Morgan fingerprint density at radius 1 is 1.25 bits per heavy atom. The van der Waals surface area contributed by atoms with E-state index in [-0.39, 0.29) is 34.5 Å². The third-order valence-electron chi connectivity index (χ3n) is 3.69. The Balaban J connectivity index is 2.42. The summed E-state index contributed by atoms with van der Waals surface area (Å²) in [5.74, 6) is -1.55. The minimum absolute atomic E-state index is 0.0825. The number of halogens is 4. The van der Waals surface area contributed by atoms with Crippen molar-refractivity contribution in [3.05, 3.63) is 51.8 Å². The molecule has 24 heavy (non-hydrogen) atoms. The summed E-state index contributed by atoms with van der Waals surface area (Å²) in [6.45, 7) is 1.64. The lowest BCUT2D eigenvalue weighted by molar-refractivity contribution is -0.127. The highest BCUT2D eigenvalue weighted by Crippen LogP contribution is 2.33. The molecule has 0 spiro atoms. The summed E-state index contributed by atoms with van der Waals surface area (Å²) in [6, 6.07) is 4.67. The van der Waals surface area contributed by atoms with Crippen molar-refractivity contribution in [2.24, 2.45) is 0 Å². The predicted octanol–water partition coefficient (Wildman–Crippen LogP) is 4.87. The highest BCUT2D eigenvalue weighted by molar-refractivity contribution is 6.33. The first kappa shape index (κ1) is 18.8. The number of benzene rings is 1. The monoisotopic (exact) mass is 373 g/mol. The summed E-state index contributed by atoms with van der Waals surface area (Å²) in [4.78, 5) is 15.9. The number of aromatic nitrogens is 1. The third kappa shape index (κ3) is 4.29. The minimum Gasteiger partial charge on any atom is -0.374 e. The zero-order chi connectivity index (χ0) is 17.9. The first-order chi connectivity index (χ1) is 11.3. The second-order valence-electron chi connectivity index (χ2n) is 5.23. The number of pyridine rings is 1. The van der Waals surface area contributed by atoms with Crippen LogP contribution in [0.2, 0.25) is 10.3 Å². The van der Waals surface area contributed by atoms with Crippen LogP contribution >= 0.6 is 23.2 Å². The molecule has 0 aliphatic carbocycles. The summed E-state index contributed by atoms with van der Waals surface area (Å²) in [5.41, 5.74) is 1.00. The van der Waals surface area contributed by atoms with Gasteiger partial charge in [-0.05, 0) is 42.7 Å². The maximum atomic E-state index is 14.1. The Morgan fingerprint density at radius 2 is 1.96 bits per heavy atom. The Bertz CT molecular complexity index is 768. The van der Waals surface area contributed by atoms with E-state index in [4.69, 9.17) is 27.9 Å². The summed E-state index contributed by atoms with van der Waals surface area (Å²) in [6.07, 6.45) is -0.162. The lowest BCUT2D eigenvalue weighted by atomic mass is 9.96. The van der Waals surface area contributed by atoms with E-state index in [1.54, 1.807) is 6.92 Å². The number of hydrogen-bond donors (Lipinski definition) is 0. The van der Waals surface area contributed by atoms with Crippen molar-refractivity contribution in [1.29, 1.82) is 0 Å². The molecular formula is C17H15Cl2F2NO2. The van der Waals surface area contributed by atoms with E-state index < -0.39 is 17.7 Å². The van der Waals surface area contributed by atoms with Gasteiger partial charge in [0.25, 0.3) is 0 Å². The second-order valence-corrected chi connectivity index (χ2v) is 5.98. The van der Waals surface area contributed by atoms with Crippen molar-refractivity contribution in [3.8, 4) is 11.1 Å². The molecule has 0 amide bonds. The van der Waals surface area contributed by atoms with Crippen molar-refractivity contribution in [1.82, 2.24) is 4.98 Å². The van der Waals surface area contributed by atoms with E-state index >= 15 is 0 Å². The SMILES string of the molecule is COC(C)C(=O)CCc1c(-c2ccc(F)cc2F)cc(Cl)nc1Cl. The molecule has 2 aromatic rings. The normalized spacial score (nSPS) is 12.2. The van der Waals surface area contributed by atoms with Crippen LogP contribution in [-0.2, 0) is 16.0 Å². The second kappa shape index (κ2) is 8.01. The van der Waals surface area contributed by atoms with Gasteiger partial charge in [-0.2, -0.15) is 0 Å².